The van der Waals surface area contributed by atoms with Crippen LogP contribution >= 0.6 is 11.8 Å². The highest BCUT2D eigenvalue weighted by atomic mass is 32.2. The van der Waals surface area contributed by atoms with Gasteiger partial charge in [-0.2, -0.15) is 11.8 Å². The maximum atomic E-state index is 11.7. The standard InChI is InChI=1S/C9H10O3S2/c10-7-1-3-9(4-2-7)14(11,12)6-8-5-13-8/h1-4,8,10H,5-6H2. The fourth-order valence-electron chi connectivity index (χ4n) is 1.16. The second-order valence-electron chi connectivity index (χ2n) is 3.23. The number of sulfone groups is 1. The van der Waals surface area contributed by atoms with Crippen LogP contribution in [0, 0.1) is 0 Å². The van der Waals surface area contributed by atoms with Crippen molar-refractivity contribution in [3.8, 4) is 5.75 Å². The largest absolute Gasteiger partial charge is 0.508 e. The van der Waals surface area contributed by atoms with Gasteiger partial charge in [-0.15, -0.1) is 0 Å². The van der Waals surface area contributed by atoms with E-state index in [1.54, 1.807) is 11.8 Å². The van der Waals surface area contributed by atoms with Gasteiger partial charge in [0.15, 0.2) is 9.84 Å². The third-order valence-electron chi connectivity index (χ3n) is 2.00. The van der Waals surface area contributed by atoms with E-state index >= 15 is 0 Å². The van der Waals surface area contributed by atoms with Gasteiger partial charge in [0.2, 0.25) is 0 Å². The van der Waals surface area contributed by atoms with Crippen LogP contribution in [0.2, 0.25) is 0 Å². The quantitative estimate of drug-likeness (QED) is 0.795. The number of rotatable bonds is 3. The van der Waals surface area contributed by atoms with E-state index in [9.17, 15) is 8.42 Å². The lowest BCUT2D eigenvalue weighted by Gasteiger charge is -2.02. The third-order valence-corrected chi connectivity index (χ3v) is 5.02. The normalized spacial score (nSPS) is 20.7. The van der Waals surface area contributed by atoms with Crippen molar-refractivity contribution in [3.63, 3.8) is 0 Å². The van der Waals surface area contributed by atoms with Gasteiger partial charge in [-0.3, -0.25) is 0 Å². The van der Waals surface area contributed by atoms with Crippen LogP contribution in [0.25, 0.3) is 0 Å². The average Bonchev–Trinajstić information content (AvgIpc) is 2.88. The molecule has 1 atom stereocenters. The van der Waals surface area contributed by atoms with Gasteiger partial charge in [-0.25, -0.2) is 8.42 Å². The van der Waals surface area contributed by atoms with E-state index in [2.05, 4.69) is 0 Å². The Morgan fingerprint density at radius 2 is 1.93 bits per heavy atom. The van der Waals surface area contributed by atoms with Crippen LogP contribution in [-0.2, 0) is 9.84 Å². The highest BCUT2D eigenvalue weighted by Crippen LogP contribution is 2.32. The molecule has 1 aromatic carbocycles. The maximum Gasteiger partial charge on any atom is 0.179 e. The van der Waals surface area contributed by atoms with Crippen molar-refractivity contribution >= 4 is 21.6 Å². The zero-order valence-corrected chi connectivity index (χ0v) is 9.01. The summed E-state index contributed by atoms with van der Waals surface area (Å²) in [5, 5.41) is 9.29. The summed E-state index contributed by atoms with van der Waals surface area (Å²) in [5.41, 5.74) is 0. The number of benzene rings is 1. The molecule has 0 aliphatic carbocycles. The van der Waals surface area contributed by atoms with Crippen LogP contribution in [0.15, 0.2) is 29.2 Å². The van der Waals surface area contributed by atoms with Gasteiger partial charge in [0.1, 0.15) is 5.75 Å². The van der Waals surface area contributed by atoms with Crippen molar-refractivity contribution in [2.75, 3.05) is 11.5 Å². The van der Waals surface area contributed by atoms with Crippen LogP contribution in [0.4, 0.5) is 0 Å². The van der Waals surface area contributed by atoms with Crippen LogP contribution in [-0.4, -0.2) is 30.3 Å². The van der Waals surface area contributed by atoms with E-state index in [4.69, 9.17) is 5.11 Å². The molecule has 1 unspecified atom stereocenters. The molecule has 0 aromatic heterocycles. The SMILES string of the molecule is O=S(=O)(CC1CS1)c1ccc(O)cc1. The van der Waals surface area contributed by atoms with Gasteiger partial charge in [-0.1, -0.05) is 0 Å². The van der Waals surface area contributed by atoms with Crippen molar-refractivity contribution in [2.45, 2.75) is 10.1 Å². The molecule has 1 aromatic rings. The molecule has 5 heteroatoms. The Hall–Kier alpha value is -0.680. The first kappa shape index (κ1) is 9.86. The minimum Gasteiger partial charge on any atom is -0.508 e. The Labute approximate surface area is 87.1 Å². The molecule has 0 bridgehead atoms. The van der Waals surface area contributed by atoms with E-state index in [0.29, 0.717) is 4.90 Å². The second-order valence-corrected chi connectivity index (χ2v) is 6.60. The monoisotopic (exact) mass is 230 g/mol. The Kier molecular flexibility index (Phi) is 2.45. The molecule has 1 saturated heterocycles. The fraction of sp³-hybridized carbons (Fsp3) is 0.333. The first-order valence-electron chi connectivity index (χ1n) is 4.21. The van der Waals surface area contributed by atoms with Gasteiger partial charge >= 0.3 is 0 Å². The smallest absolute Gasteiger partial charge is 0.179 e. The van der Waals surface area contributed by atoms with Crippen LogP contribution in [0.3, 0.4) is 0 Å². The highest BCUT2D eigenvalue weighted by molar-refractivity contribution is 8.08. The lowest BCUT2D eigenvalue weighted by atomic mass is 10.3. The van der Waals surface area contributed by atoms with E-state index in [-0.39, 0.29) is 16.8 Å². The topological polar surface area (TPSA) is 54.4 Å². The third kappa shape index (κ3) is 2.22. The second kappa shape index (κ2) is 3.47. The molecule has 1 aliphatic heterocycles. The summed E-state index contributed by atoms with van der Waals surface area (Å²) in [6.07, 6.45) is 0. The number of phenolic OH excluding ortho intramolecular Hbond substituents is 1. The number of hydrogen-bond donors (Lipinski definition) is 1. The summed E-state index contributed by atoms with van der Waals surface area (Å²) in [4.78, 5) is 0.294. The molecule has 1 heterocycles. The molecule has 0 amide bonds. The predicted octanol–water partition coefficient (Wildman–Crippen LogP) is 1.28. The van der Waals surface area contributed by atoms with Crippen molar-refractivity contribution < 1.29 is 13.5 Å². The summed E-state index contributed by atoms with van der Waals surface area (Å²) in [5.74, 6) is 1.24. The first-order chi connectivity index (χ1) is 6.58. The van der Waals surface area contributed by atoms with Gasteiger partial charge in [0, 0.05) is 11.0 Å². The number of phenols is 1. The maximum absolute atomic E-state index is 11.7. The number of thioether (sulfide) groups is 1. The van der Waals surface area contributed by atoms with Crippen LogP contribution in [0.5, 0.6) is 5.75 Å². The first-order valence-corrected chi connectivity index (χ1v) is 6.91. The molecule has 14 heavy (non-hydrogen) atoms. The number of hydrogen-bond acceptors (Lipinski definition) is 4. The highest BCUT2D eigenvalue weighted by Gasteiger charge is 2.29. The summed E-state index contributed by atoms with van der Waals surface area (Å²) >= 11 is 1.66. The van der Waals surface area contributed by atoms with Gasteiger partial charge in [-0.05, 0) is 24.3 Å². The minimum atomic E-state index is -3.15. The van der Waals surface area contributed by atoms with Crippen LogP contribution in [0.1, 0.15) is 0 Å². The van der Waals surface area contributed by atoms with E-state index in [1.807, 2.05) is 0 Å². The summed E-state index contributed by atoms with van der Waals surface area (Å²) in [7, 11) is -3.15. The Morgan fingerprint density at radius 1 is 1.36 bits per heavy atom. The molecule has 0 radical (unpaired) electrons. The summed E-state index contributed by atoms with van der Waals surface area (Å²) in [6, 6.07) is 5.68. The van der Waals surface area contributed by atoms with E-state index < -0.39 is 9.84 Å². The average molecular weight is 230 g/mol. The van der Waals surface area contributed by atoms with Crippen LogP contribution < -0.4 is 0 Å². The minimum absolute atomic E-state index is 0.0877. The molecular weight excluding hydrogens is 220 g/mol. The van der Waals surface area contributed by atoms with Gasteiger partial charge < -0.3 is 5.11 Å². The molecule has 3 nitrogen and oxygen atoms in total. The van der Waals surface area contributed by atoms with Crippen molar-refractivity contribution in [1.29, 1.82) is 0 Å². The molecular formula is C9H10O3S2. The molecule has 2 rings (SSSR count). The number of aromatic hydroxyl groups is 1. The van der Waals surface area contributed by atoms with E-state index in [1.165, 1.54) is 24.3 Å². The van der Waals surface area contributed by atoms with E-state index in [0.717, 1.165) is 5.75 Å². The molecule has 1 fully saturated rings. The van der Waals surface area contributed by atoms with Gasteiger partial charge in [0.05, 0.1) is 10.6 Å². The van der Waals surface area contributed by atoms with Gasteiger partial charge in [0.25, 0.3) is 0 Å². The zero-order valence-electron chi connectivity index (χ0n) is 7.38. The summed E-state index contributed by atoms with van der Waals surface area (Å²) in [6.45, 7) is 0. The Bertz CT molecular complexity index is 418. The summed E-state index contributed by atoms with van der Waals surface area (Å²) < 4.78 is 23.4. The molecule has 0 saturated carbocycles. The van der Waals surface area contributed by atoms with Crippen molar-refractivity contribution in [1.82, 2.24) is 0 Å². The lowest BCUT2D eigenvalue weighted by Crippen LogP contribution is -2.10. The lowest BCUT2D eigenvalue weighted by molar-refractivity contribution is 0.475. The Balaban J connectivity index is 2.24. The molecule has 76 valence electrons. The Morgan fingerprint density at radius 3 is 2.43 bits per heavy atom. The van der Waals surface area contributed by atoms with Crippen molar-refractivity contribution in [3.05, 3.63) is 24.3 Å². The van der Waals surface area contributed by atoms with Crippen molar-refractivity contribution in [2.24, 2.45) is 0 Å². The fourth-order valence-corrected chi connectivity index (χ4v) is 3.83. The molecule has 1 N–H and O–H groups in total. The molecule has 0 spiro atoms. The predicted molar refractivity (Wildman–Crippen MR) is 56.4 cm³/mol. The molecule has 1 aliphatic rings. The zero-order chi connectivity index (χ0) is 10.2.